The Hall–Kier alpha value is -1.91. The van der Waals surface area contributed by atoms with Crippen molar-refractivity contribution in [2.45, 2.75) is 33.3 Å². The summed E-state index contributed by atoms with van der Waals surface area (Å²) in [4.78, 5) is 11.4. The Balaban J connectivity index is 2.22. The quantitative estimate of drug-likeness (QED) is 0.786. The number of carbonyl (C=O) groups is 1. The maximum Gasteiger partial charge on any atom is 0.407 e. The summed E-state index contributed by atoms with van der Waals surface area (Å²) >= 11 is 0. The molecule has 0 bridgehead atoms. The Kier molecular flexibility index (Phi) is 6.15. The second-order valence-corrected chi connectivity index (χ2v) is 5.31. The van der Waals surface area contributed by atoms with Crippen LogP contribution in [0.3, 0.4) is 0 Å². The SMILES string of the molecule is CCOc1ccc(NCCNC(=O)OC(C)(C)C)cc1. The van der Waals surface area contributed by atoms with Crippen LogP contribution in [-0.4, -0.2) is 31.4 Å². The van der Waals surface area contributed by atoms with E-state index in [4.69, 9.17) is 9.47 Å². The standard InChI is InChI=1S/C15H24N2O3/c1-5-19-13-8-6-12(7-9-13)16-10-11-17-14(18)20-15(2,3)4/h6-9,16H,5,10-11H2,1-4H3,(H,17,18). The van der Waals surface area contributed by atoms with E-state index in [2.05, 4.69) is 10.6 Å². The van der Waals surface area contributed by atoms with Crippen molar-refractivity contribution in [3.05, 3.63) is 24.3 Å². The van der Waals surface area contributed by atoms with Crippen LogP contribution in [0.4, 0.5) is 10.5 Å². The van der Waals surface area contributed by atoms with E-state index >= 15 is 0 Å². The lowest BCUT2D eigenvalue weighted by atomic mass is 10.2. The van der Waals surface area contributed by atoms with Crippen LogP contribution in [0.5, 0.6) is 5.75 Å². The molecule has 1 rings (SSSR count). The fourth-order valence-electron chi connectivity index (χ4n) is 1.52. The predicted molar refractivity (Wildman–Crippen MR) is 80.3 cm³/mol. The minimum atomic E-state index is -0.466. The summed E-state index contributed by atoms with van der Waals surface area (Å²) in [5.74, 6) is 0.852. The number of benzene rings is 1. The highest BCUT2D eigenvalue weighted by Crippen LogP contribution is 2.15. The van der Waals surface area contributed by atoms with Crippen LogP contribution in [0.25, 0.3) is 0 Å². The molecule has 1 amide bonds. The lowest BCUT2D eigenvalue weighted by molar-refractivity contribution is 0.0530. The summed E-state index contributed by atoms with van der Waals surface area (Å²) in [6.45, 7) is 9.26. The van der Waals surface area contributed by atoms with Crippen LogP contribution in [0.15, 0.2) is 24.3 Å². The van der Waals surface area contributed by atoms with Crippen LogP contribution < -0.4 is 15.4 Å². The second kappa shape index (κ2) is 7.62. The molecule has 20 heavy (non-hydrogen) atoms. The lowest BCUT2D eigenvalue weighted by Gasteiger charge is -2.19. The number of nitrogens with one attached hydrogen (secondary N) is 2. The second-order valence-electron chi connectivity index (χ2n) is 5.31. The number of amides is 1. The Morgan fingerprint density at radius 1 is 1.15 bits per heavy atom. The number of ether oxygens (including phenoxy) is 2. The van der Waals surface area contributed by atoms with Crippen molar-refractivity contribution < 1.29 is 14.3 Å². The van der Waals surface area contributed by atoms with Gasteiger partial charge in [0.2, 0.25) is 0 Å². The molecule has 0 aliphatic heterocycles. The maximum atomic E-state index is 11.4. The first-order chi connectivity index (χ1) is 9.40. The number of rotatable bonds is 6. The topological polar surface area (TPSA) is 59.6 Å². The summed E-state index contributed by atoms with van der Waals surface area (Å²) < 4.78 is 10.5. The van der Waals surface area contributed by atoms with E-state index in [9.17, 15) is 4.79 Å². The molecule has 5 heteroatoms. The molecule has 0 saturated carbocycles. The zero-order chi connectivity index (χ0) is 15.0. The van der Waals surface area contributed by atoms with Crippen molar-refractivity contribution in [2.75, 3.05) is 25.0 Å². The maximum absolute atomic E-state index is 11.4. The van der Waals surface area contributed by atoms with Gasteiger partial charge in [-0.2, -0.15) is 0 Å². The summed E-state index contributed by atoms with van der Waals surface area (Å²) in [7, 11) is 0. The third-order valence-electron chi connectivity index (χ3n) is 2.29. The Morgan fingerprint density at radius 3 is 2.35 bits per heavy atom. The Morgan fingerprint density at radius 2 is 1.80 bits per heavy atom. The van der Waals surface area contributed by atoms with Crippen LogP contribution in [-0.2, 0) is 4.74 Å². The van der Waals surface area contributed by atoms with Crippen molar-refractivity contribution in [1.29, 1.82) is 0 Å². The Labute approximate surface area is 120 Å². The van der Waals surface area contributed by atoms with E-state index in [1.807, 2.05) is 52.0 Å². The monoisotopic (exact) mass is 280 g/mol. The van der Waals surface area contributed by atoms with Crippen LogP contribution >= 0.6 is 0 Å². The van der Waals surface area contributed by atoms with E-state index in [-0.39, 0.29) is 0 Å². The number of alkyl carbamates (subject to hydrolysis) is 1. The third kappa shape index (κ3) is 6.87. The minimum Gasteiger partial charge on any atom is -0.494 e. The molecule has 0 heterocycles. The molecule has 0 radical (unpaired) electrons. The van der Waals surface area contributed by atoms with Gasteiger partial charge in [0, 0.05) is 18.8 Å². The zero-order valence-electron chi connectivity index (χ0n) is 12.7. The number of hydrogen-bond acceptors (Lipinski definition) is 4. The summed E-state index contributed by atoms with van der Waals surface area (Å²) in [5.41, 5.74) is 0.520. The van der Waals surface area contributed by atoms with E-state index < -0.39 is 11.7 Å². The number of hydrogen-bond donors (Lipinski definition) is 2. The first kappa shape index (κ1) is 16.1. The molecule has 0 fully saturated rings. The predicted octanol–water partition coefficient (Wildman–Crippen LogP) is 3.02. The van der Waals surface area contributed by atoms with Crippen molar-refractivity contribution >= 4 is 11.8 Å². The molecule has 2 N–H and O–H groups in total. The van der Waals surface area contributed by atoms with Crippen molar-refractivity contribution in [1.82, 2.24) is 5.32 Å². The van der Waals surface area contributed by atoms with E-state index in [1.54, 1.807) is 0 Å². The number of anilines is 1. The highest BCUT2D eigenvalue weighted by molar-refractivity contribution is 5.67. The van der Waals surface area contributed by atoms with Gasteiger partial charge in [-0.3, -0.25) is 0 Å². The first-order valence-electron chi connectivity index (χ1n) is 6.84. The fourth-order valence-corrected chi connectivity index (χ4v) is 1.52. The van der Waals surface area contributed by atoms with E-state index in [1.165, 1.54) is 0 Å². The van der Waals surface area contributed by atoms with Crippen LogP contribution in [0.1, 0.15) is 27.7 Å². The third-order valence-corrected chi connectivity index (χ3v) is 2.29. The van der Waals surface area contributed by atoms with Crippen molar-refractivity contribution in [3.63, 3.8) is 0 Å². The minimum absolute atomic E-state index is 0.397. The first-order valence-corrected chi connectivity index (χ1v) is 6.84. The van der Waals surface area contributed by atoms with Gasteiger partial charge in [0.05, 0.1) is 6.61 Å². The molecule has 0 spiro atoms. The van der Waals surface area contributed by atoms with Gasteiger partial charge in [-0.05, 0) is 52.0 Å². The summed E-state index contributed by atoms with van der Waals surface area (Å²) in [6.07, 6.45) is -0.397. The highest BCUT2D eigenvalue weighted by Gasteiger charge is 2.15. The van der Waals surface area contributed by atoms with Crippen LogP contribution in [0, 0.1) is 0 Å². The summed E-state index contributed by atoms with van der Waals surface area (Å²) in [6, 6.07) is 7.71. The molecule has 0 unspecified atom stereocenters. The van der Waals surface area contributed by atoms with Crippen LogP contribution in [0.2, 0.25) is 0 Å². The number of carbonyl (C=O) groups excluding carboxylic acids is 1. The molecule has 1 aromatic rings. The van der Waals surface area contributed by atoms with Gasteiger partial charge in [-0.15, -0.1) is 0 Å². The lowest BCUT2D eigenvalue weighted by Crippen LogP contribution is -2.34. The van der Waals surface area contributed by atoms with Crippen molar-refractivity contribution in [3.8, 4) is 5.75 Å². The van der Waals surface area contributed by atoms with E-state index in [0.717, 1.165) is 11.4 Å². The van der Waals surface area contributed by atoms with Gasteiger partial charge in [0.1, 0.15) is 11.4 Å². The van der Waals surface area contributed by atoms with Crippen molar-refractivity contribution in [2.24, 2.45) is 0 Å². The summed E-state index contributed by atoms with van der Waals surface area (Å²) in [5, 5.41) is 5.90. The average molecular weight is 280 g/mol. The van der Waals surface area contributed by atoms with Gasteiger partial charge in [-0.1, -0.05) is 0 Å². The molecular weight excluding hydrogens is 256 g/mol. The highest BCUT2D eigenvalue weighted by atomic mass is 16.6. The molecule has 0 aromatic heterocycles. The van der Waals surface area contributed by atoms with E-state index in [0.29, 0.717) is 19.7 Å². The molecule has 0 aliphatic carbocycles. The van der Waals surface area contributed by atoms with Gasteiger partial charge in [0.25, 0.3) is 0 Å². The van der Waals surface area contributed by atoms with Gasteiger partial charge >= 0.3 is 6.09 Å². The molecule has 0 aliphatic rings. The molecule has 0 atom stereocenters. The molecular formula is C15H24N2O3. The van der Waals surface area contributed by atoms with Gasteiger partial charge in [-0.25, -0.2) is 4.79 Å². The molecule has 112 valence electrons. The largest absolute Gasteiger partial charge is 0.494 e. The zero-order valence-corrected chi connectivity index (χ0v) is 12.7. The Bertz CT molecular complexity index is 410. The van der Waals surface area contributed by atoms with Gasteiger partial charge < -0.3 is 20.1 Å². The molecule has 0 saturated heterocycles. The average Bonchev–Trinajstić information content (AvgIpc) is 2.35. The smallest absolute Gasteiger partial charge is 0.407 e. The molecule has 1 aromatic carbocycles. The van der Waals surface area contributed by atoms with Gasteiger partial charge in [0.15, 0.2) is 0 Å². The fraction of sp³-hybridized carbons (Fsp3) is 0.533. The molecule has 5 nitrogen and oxygen atoms in total. The normalized spacial score (nSPS) is 10.8.